The van der Waals surface area contributed by atoms with Crippen LogP contribution >= 0.6 is 0 Å². The van der Waals surface area contributed by atoms with E-state index in [0.29, 0.717) is 18.0 Å². The van der Waals surface area contributed by atoms with Gasteiger partial charge in [-0.15, -0.1) is 0 Å². The summed E-state index contributed by atoms with van der Waals surface area (Å²) >= 11 is 0. The molecule has 0 aliphatic carbocycles. The summed E-state index contributed by atoms with van der Waals surface area (Å²) in [6.45, 7) is 5.46. The Balaban J connectivity index is 1.71. The Kier molecular flexibility index (Phi) is 6.92. The number of para-hydroxylation sites is 2. The zero-order valence-electron chi connectivity index (χ0n) is 13.1. The summed E-state index contributed by atoms with van der Waals surface area (Å²) in [6.07, 6.45) is -0.533. The fourth-order valence-corrected chi connectivity index (χ4v) is 2.61. The first-order chi connectivity index (χ1) is 10.7. The zero-order valence-corrected chi connectivity index (χ0v) is 13.1. The van der Waals surface area contributed by atoms with Gasteiger partial charge >= 0.3 is 0 Å². The number of benzene rings is 1. The first-order valence-corrected chi connectivity index (χ1v) is 7.72. The molecular weight excluding hydrogens is 284 g/mol. The maximum atomic E-state index is 10.1. The minimum atomic E-state index is -0.533. The third kappa shape index (κ3) is 5.14. The molecule has 22 heavy (non-hydrogen) atoms. The van der Waals surface area contributed by atoms with Crippen LogP contribution in [0.5, 0.6) is 11.5 Å². The first-order valence-electron chi connectivity index (χ1n) is 7.72. The number of hydrogen-bond donors (Lipinski definition) is 2. The molecular formula is C16H26N2O4. The van der Waals surface area contributed by atoms with Gasteiger partial charge in [-0.2, -0.15) is 0 Å². The maximum Gasteiger partial charge on any atom is 0.161 e. The van der Waals surface area contributed by atoms with Crippen molar-refractivity contribution in [2.75, 3.05) is 59.6 Å². The van der Waals surface area contributed by atoms with Crippen LogP contribution in [0.4, 0.5) is 0 Å². The normalized spacial score (nSPS) is 18.1. The Bertz CT molecular complexity index is 436. The van der Waals surface area contributed by atoms with Gasteiger partial charge in [0.2, 0.25) is 0 Å². The van der Waals surface area contributed by atoms with Crippen molar-refractivity contribution in [1.82, 2.24) is 9.80 Å². The van der Waals surface area contributed by atoms with Crippen molar-refractivity contribution in [2.45, 2.75) is 6.10 Å². The van der Waals surface area contributed by atoms with Gasteiger partial charge in [-0.1, -0.05) is 12.1 Å². The highest BCUT2D eigenvalue weighted by Gasteiger charge is 2.19. The molecule has 0 spiro atoms. The van der Waals surface area contributed by atoms with Gasteiger partial charge in [0.15, 0.2) is 11.5 Å². The van der Waals surface area contributed by atoms with E-state index in [1.807, 2.05) is 24.3 Å². The lowest BCUT2D eigenvalue weighted by Gasteiger charge is -2.35. The van der Waals surface area contributed by atoms with Gasteiger partial charge in [-0.05, 0) is 12.1 Å². The van der Waals surface area contributed by atoms with Crippen LogP contribution in [0.25, 0.3) is 0 Å². The van der Waals surface area contributed by atoms with Crippen molar-refractivity contribution in [3.8, 4) is 11.5 Å². The Labute approximate surface area is 131 Å². The molecule has 6 heteroatoms. The number of ether oxygens (including phenoxy) is 2. The molecule has 0 saturated carbocycles. The molecule has 1 saturated heterocycles. The summed E-state index contributed by atoms with van der Waals surface area (Å²) in [5, 5.41) is 19.1. The van der Waals surface area contributed by atoms with Gasteiger partial charge in [-0.25, -0.2) is 0 Å². The van der Waals surface area contributed by atoms with E-state index in [-0.39, 0.29) is 13.2 Å². The van der Waals surface area contributed by atoms with E-state index in [9.17, 15) is 5.11 Å². The van der Waals surface area contributed by atoms with E-state index >= 15 is 0 Å². The minimum absolute atomic E-state index is 0.204. The summed E-state index contributed by atoms with van der Waals surface area (Å²) in [6, 6.07) is 7.43. The van der Waals surface area contributed by atoms with E-state index in [1.165, 1.54) is 0 Å². The molecule has 0 unspecified atom stereocenters. The predicted molar refractivity (Wildman–Crippen MR) is 84.5 cm³/mol. The maximum absolute atomic E-state index is 10.1. The summed E-state index contributed by atoms with van der Waals surface area (Å²) in [7, 11) is 1.60. The zero-order chi connectivity index (χ0) is 15.8. The first kappa shape index (κ1) is 17.0. The molecule has 0 amide bonds. The van der Waals surface area contributed by atoms with Crippen LogP contribution in [0.15, 0.2) is 24.3 Å². The number of nitrogens with zero attached hydrogens (tertiary/aromatic N) is 2. The average Bonchev–Trinajstić information content (AvgIpc) is 2.55. The largest absolute Gasteiger partial charge is 0.493 e. The molecule has 124 valence electrons. The lowest BCUT2D eigenvalue weighted by Crippen LogP contribution is -2.49. The molecule has 1 atom stereocenters. The number of piperazine rings is 1. The van der Waals surface area contributed by atoms with Gasteiger partial charge in [0.05, 0.1) is 13.7 Å². The number of rotatable bonds is 8. The SMILES string of the molecule is COc1ccccc1OC[C@@H](O)CN1CCN(CCO)CC1. The van der Waals surface area contributed by atoms with E-state index < -0.39 is 6.10 Å². The highest BCUT2D eigenvalue weighted by Crippen LogP contribution is 2.25. The quantitative estimate of drug-likeness (QED) is 0.707. The van der Waals surface area contributed by atoms with Crippen LogP contribution < -0.4 is 9.47 Å². The van der Waals surface area contributed by atoms with Gasteiger partial charge in [0.25, 0.3) is 0 Å². The molecule has 0 radical (unpaired) electrons. The van der Waals surface area contributed by atoms with Crippen LogP contribution in [0, 0.1) is 0 Å². The standard InChI is InChI=1S/C16H26N2O4/c1-21-15-4-2-3-5-16(15)22-13-14(20)12-18-8-6-17(7-9-18)10-11-19/h2-5,14,19-20H,6-13H2,1H3/t14-/m0/s1. The fraction of sp³-hybridized carbons (Fsp3) is 0.625. The molecule has 6 nitrogen and oxygen atoms in total. The highest BCUT2D eigenvalue weighted by atomic mass is 16.5. The number of β-amino-alcohol motifs (C(OH)–C–C–N with tert-alkyl or cyclic N) is 2. The summed E-state index contributed by atoms with van der Waals surface area (Å²) in [4.78, 5) is 4.46. The van der Waals surface area contributed by atoms with Crippen molar-refractivity contribution in [3.63, 3.8) is 0 Å². The van der Waals surface area contributed by atoms with Crippen LogP contribution in [0.3, 0.4) is 0 Å². The third-order valence-corrected chi connectivity index (χ3v) is 3.85. The van der Waals surface area contributed by atoms with Crippen molar-refractivity contribution in [2.24, 2.45) is 0 Å². The number of methoxy groups -OCH3 is 1. The van der Waals surface area contributed by atoms with Crippen molar-refractivity contribution < 1.29 is 19.7 Å². The lowest BCUT2D eigenvalue weighted by atomic mass is 10.2. The molecule has 2 rings (SSSR count). The molecule has 1 fully saturated rings. The number of aliphatic hydroxyl groups is 2. The fourth-order valence-electron chi connectivity index (χ4n) is 2.61. The topological polar surface area (TPSA) is 65.4 Å². The van der Waals surface area contributed by atoms with Crippen LogP contribution in [0.2, 0.25) is 0 Å². The lowest BCUT2D eigenvalue weighted by molar-refractivity contribution is 0.0423. The Morgan fingerprint density at radius 3 is 2.36 bits per heavy atom. The van der Waals surface area contributed by atoms with E-state index in [4.69, 9.17) is 14.6 Å². The summed E-state index contributed by atoms with van der Waals surface area (Å²) in [5.41, 5.74) is 0. The molecule has 1 aromatic rings. The third-order valence-electron chi connectivity index (χ3n) is 3.85. The Hall–Kier alpha value is -1.34. The number of hydrogen-bond acceptors (Lipinski definition) is 6. The van der Waals surface area contributed by atoms with Crippen molar-refractivity contribution in [1.29, 1.82) is 0 Å². The van der Waals surface area contributed by atoms with Gasteiger partial charge in [0, 0.05) is 39.3 Å². The van der Waals surface area contributed by atoms with Crippen LogP contribution in [0.1, 0.15) is 0 Å². The van der Waals surface area contributed by atoms with E-state index in [0.717, 1.165) is 32.7 Å². The smallest absolute Gasteiger partial charge is 0.161 e. The van der Waals surface area contributed by atoms with Crippen LogP contribution in [-0.2, 0) is 0 Å². The second-order valence-corrected chi connectivity index (χ2v) is 5.48. The minimum Gasteiger partial charge on any atom is -0.493 e. The van der Waals surface area contributed by atoms with E-state index in [1.54, 1.807) is 7.11 Å². The summed E-state index contributed by atoms with van der Waals surface area (Å²) < 4.78 is 10.9. The molecule has 0 bridgehead atoms. The summed E-state index contributed by atoms with van der Waals surface area (Å²) in [5.74, 6) is 1.32. The predicted octanol–water partition coefficient (Wildman–Crippen LogP) is 0.0448. The second kappa shape index (κ2) is 8.95. The van der Waals surface area contributed by atoms with E-state index in [2.05, 4.69) is 9.80 Å². The molecule has 0 aromatic heterocycles. The molecule has 1 aliphatic rings. The van der Waals surface area contributed by atoms with Crippen molar-refractivity contribution >= 4 is 0 Å². The molecule has 2 N–H and O–H groups in total. The second-order valence-electron chi connectivity index (χ2n) is 5.48. The van der Waals surface area contributed by atoms with Crippen LogP contribution in [-0.4, -0.2) is 85.7 Å². The molecule has 1 heterocycles. The molecule has 1 aliphatic heterocycles. The number of aliphatic hydroxyl groups excluding tert-OH is 2. The van der Waals surface area contributed by atoms with Gasteiger partial charge in [0.1, 0.15) is 12.7 Å². The van der Waals surface area contributed by atoms with Gasteiger partial charge in [-0.3, -0.25) is 9.80 Å². The highest BCUT2D eigenvalue weighted by molar-refractivity contribution is 5.39. The van der Waals surface area contributed by atoms with Gasteiger partial charge < -0.3 is 19.7 Å². The van der Waals surface area contributed by atoms with Crippen molar-refractivity contribution in [3.05, 3.63) is 24.3 Å². The Morgan fingerprint density at radius 2 is 1.73 bits per heavy atom. The average molecular weight is 310 g/mol. The Morgan fingerprint density at radius 1 is 1.09 bits per heavy atom. The monoisotopic (exact) mass is 310 g/mol. The molecule has 1 aromatic carbocycles.